The van der Waals surface area contributed by atoms with Gasteiger partial charge >= 0.3 is 7.60 Å². The Morgan fingerprint density at radius 3 is 2.59 bits per heavy atom. The fourth-order valence-corrected chi connectivity index (χ4v) is 2.90. The number of ether oxygens (including phenoxy) is 1. The van der Waals surface area contributed by atoms with Gasteiger partial charge in [-0.05, 0) is 13.8 Å². The van der Waals surface area contributed by atoms with Crippen LogP contribution in [0.15, 0.2) is 11.1 Å². The Morgan fingerprint density at radius 2 is 2.04 bits per heavy atom. The number of imidazole rings is 1. The van der Waals surface area contributed by atoms with E-state index in [9.17, 15) is 34.5 Å². The Hall–Kier alpha value is -1.86. The van der Waals surface area contributed by atoms with Gasteiger partial charge in [-0.1, -0.05) is 0 Å². The van der Waals surface area contributed by atoms with Crippen LogP contribution in [0.5, 0.6) is 0 Å². The number of H-pyrrole nitrogens is 1. The van der Waals surface area contributed by atoms with E-state index in [1.807, 2.05) is 0 Å². The van der Waals surface area contributed by atoms with E-state index in [4.69, 9.17) is 4.74 Å². The quantitative estimate of drug-likeness (QED) is 0.273. The zero-order valence-corrected chi connectivity index (χ0v) is 15.2. The predicted molar refractivity (Wildman–Crippen MR) is 90.9 cm³/mol. The van der Waals surface area contributed by atoms with Crippen molar-refractivity contribution in [2.24, 2.45) is 0 Å². The highest BCUT2D eigenvalue weighted by molar-refractivity contribution is 7.53. The molecule has 13 nitrogen and oxygen atoms in total. The lowest BCUT2D eigenvalue weighted by Gasteiger charge is -2.27. The maximum absolute atomic E-state index is 12.2. The number of aromatic amines is 1. The lowest BCUT2D eigenvalue weighted by Crippen LogP contribution is -2.33. The van der Waals surface area contributed by atoms with Gasteiger partial charge in [0.15, 0.2) is 17.4 Å². The van der Waals surface area contributed by atoms with E-state index < -0.39 is 49.6 Å². The second-order valence-corrected chi connectivity index (χ2v) is 8.90. The molecule has 4 atom stereocenters. The summed E-state index contributed by atoms with van der Waals surface area (Å²) in [5.74, 6) is -0.227. The average molecular weight is 405 g/mol. The summed E-state index contributed by atoms with van der Waals surface area (Å²) in [6, 6.07) is 0. The Kier molecular flexibility index (Phi) is 4.89. The minimum absolute atomic E-state index is 0.0439. The molecule has 0 radical (unpaired) electrons. The molecule has 14 heteroatoms. The molecule has 3 heterocycles. The summed E-state index contributed by atoms with van der Waals surface area (Å²) in [4.78, 5) is 41.4. The zero-order valence-electron chi connectivity index (χ0n) is 14.3. The van der Waals surface area contributed by atoms with Gasteiger partial charge in [0, 0.05) is 0 Å². The molecule has 0 bridgehead atoms. The van der Waals surface area contributed by atoms with Crippen molar-refractivity contribution in [2.45, 2.75) is 43.7 Å². The summed E-state index contributed by atoms with van der Waals surface area (Å²) in [6.45, 7) is 1.95. The molecule has 1 saturated heterocycles. The van der Waals surface area contributed by atoms with Crippen molar-refractivity contribution < 1.29 is 34.4 Å². The molecule has 2 aromatic heterocycles. The summed E-state index contributed by atoms with van der Waals surface area (Å²) < 4.78 is 18.2. The van der Waals surface area contributed by atoms with Gasteiger partial charge in [-0.3, -0.25) is 18.9 Å². The fourth-order valence-electron chi connectivity index (χ4n) is 2.64. The van der Waals surface area contributed by atoms with Crippen LogP contribution >= 0.6 is 7.60 Å². The SMILES string of the molecule is CC(C)(Nc1nc2c(ncn2[C@@H]2O[C@@H](CO)[C@@H](O)[C@@H]2O)c(=O)[nH]1)P(=O)(O)O. The Labute approximate surface area is 151 Å². The molecule has 27 heavy (non-hydrogen) atoms. The topological polar surface area (TPSA) is 203 Å². The van der Waals surface area contributed by atoms with E-state index in [2.05, 4.69) is 20.3 Å². The van der Waals surface area contributed by atoms with Crippen LogP contribution in [0, 0.1) is 0 Å². The van der Waals surface area contributed by atoms with Gasteiger partial charge in [-0.2, -0.15) is 4.98 Å². The zero-order chi connectivity index (χ0) is 20.1. The number of nitrogens with zero attached hydrogens (tertiary/aromatic N) is 3. The maximum atomic E-state index is 12.2. The van der Waals surface area contributed by atoms with Crippen molar-refractivity contribution in [2.75, 3.05) is 11.9 Å². The lowest BCUT2D eigenvalue weighted by atomic mass is 10.1. The van der Waals surface area contributed by atoms with E-state index in [1.165, 1.54) is 24.7 Å². The van der Waals surface area contributed by atoms with Gasteiger partial charge < -0.3 is 35.2 Å². The number of anilines is 1. The molecule has 0 aliphatic carbocycles. The van der Waals surface area contributed by atoms with Gasteiger partial charge in [-0.25, -0.2) is 4.98 Å². The molecular formula is C13H20N5O8P. The third kappa shape index (κ3) is 3.38. The van der Waals surface area contributed by atoms with Crippen molar-refractivity contribution in [3.05, 3.63) is 16.7 Å². The first kappa shape index (κ1) is 19.9. The second kappa shape index (κ2) is 6.63. The van der Waals surface area contributed by atoms with Gasteiger partial charge in [-0.15, -0.1) is 0 Å². The number of nitrogens with one attached hydrogen (secondary N) is 2. The first-order valence-corrected chi connectivity index (χ1v) is 9.50. The Bertz CT molecular complexity index is 952. The summed E-state index contributed by atoms with van der Waals surface area (Å²) in [5.41, 5.74) is -0.834. The van der Waals surface area contributed by atoms with Gasteiger partial charge in [0.1, 0.15) is 23.6 Å². The Balaban J connectivity index is 2.04. The maximum Gasteiger partial charge on any atom is 0.350 e. The smallest absolute Gasteiger partial charge is 0.350 e. The fraction of sp³-hybridized carbons (Fsp3) is 0.615. The number of aromatic nitrogens is 4. The number of hydrogen-bond donors (Lipinski definition) is 7. The number of aliphatic hydroxyl groups is 3. The standard InChI is InChI=1S/C13H20N5O8P/c1-13(2,27(23,24)25)17-12-15-9-6(10(22)16-12)14-4-18(9)11-8(21)7(20)5(3-19)26-11/h4-5,7-8,11,19-21H,3H2,1-2H3,(H2,23,24,25)(H2,15,16,17,22)/t5-,7+,8-,11+/m0/s1. The Morgan fingerprint density at radius 1 is 1.37 bits per heavy atom. The van der Waals surface area contributed by atoms with E-state index in [1.54, 1.807) is 0 Å². The van der Waals surface area contributed by atoms with Crippen molar-refractivity contribution in [3.63, 3.8) is 0 Å². The third-order valence-corrected chi connectivity index (χ3v) is 5.94. The molecule has 0 spiro atoms. The van der Waals surface area contributed by atoms with E-state index in [-0.39, 0.29) is 17.1 Å². The minimum Gasteiger partial charge on any atom is -0.394 e. The number of aliphatic hydroxyl groups excluding tert-OH is 3. The van der Waals surface area contributed by atoms with Crippen LogP contribution in [0.1, 0.15) is 20.1 Å². The van der Waals surface area contributed by atoms with E-state index in [0.29, 0.717) is 0 Å². The van der Waals surface area contributed by atoms with E-state index >= 15 is 0 Å². The van der Waals surface area contributed by atoms with Crippen molar-refractivity contribution >= 4 is 24.7 Å². The molecule has 0 unspecified atom stereocenters. The normalized spacial score (nSPS) is 26.6. The molecule has 150 valence electrons. The van der Waals surface area contributed by atoms with Crippen LogP contribution in [0.3, 0.4) is 0 Å². The largest absolute Gasteiger partial charge is 0.394 e. The molecular weight excluding hydrogens is 385 g/mol. The first-order chi connectivity index (χ1) is 12.5. The summed E-state index contributed by atoms with van der Waals surface area (Å²) >= 11 is 0. The number of hydrogen-bond acceptors (Lipinski definition) is 9. The minimum atomic E-state index is -4.58. The number of rotatable bonds is 5. The van der Waals surface area contributed by atoms with Gasteiger partial charge in [0.05, 0.1) is 12.9 Å². The van der Waals surface area contributed by atoms with Crippen LogP contribution in [0.25, 0.3) is 11.2 Å². The summed E-state index contributed by atoms with van der Waals surface area (Å²) in [5, 5.41) is 30.0. The van der Waals surface area contributed by atoms with Crippen LogP contribution in [-0.2, 0) is 9.30 Å². The molecule has 1 aliphatic rings. The van der Waals surface area contributed by atoms with Crippen molar-refractivity contribution in [1.82, 2.24) is 19.5 Å². The van der Waals surface area contributed by atoms with Crippen molar-refractivity contribution in [3.8, 4) is 0 Å². The first-order valence-electron chi connectivity index (χ1n) is 7.89. The molecule has 7 N–H and O–H groups in total. The highest BCUT2D eigenvalue weighted by atomic mass is 31.2. The van der Waals surface area contributed by atoms with Gasteiger partial charge in [0.25, 0.3) is 5.56 Å². The molecule has 1 aliphatic heterocycles. The van der Waals surface area contributed by atoms with Crippen molar-refractivity contribution in [1.29, 1.82) is 0 Å². The molecule has 2 aromatic rings. The molecule has 1 fully saturated rings. The summed E-state index contributed by atoms with van der Waals surface area (Å²) in [6.07, 6.45) is -3.80. The molecule has 0 saturated carbocycles. The third-order valence-electron chi connectivity index (χ3n) is 4.38. The summed E-state index contributed by atoms with van der Waals surface area (Å²) in [7, 11) is -4.58. The second-order valence-electron chi connectivity index (χ2n) is 6.70. The van der Waals surface area contributed by atoms with Gasteiger partial charge in [0.2, 0.25) is 5.95 Å². The van der Waals surface area contributed by atoms with Crippen LogP contribution in [0.4, 0.5) is 5.95 Å². The highest BCUT2D eigenvalue weighted by Gasteiger charge is 2.44. The highest BCUT2D eigenvalue weighted by Crippen LogP contribution is 2.49. The van der Waals surface area contributed by atoms with Crippen LogP contribution in [-0.4, -0.2) is 74.8 Å². The monoisotopic (exact) mass is 405 g/mol. The molecule has 0 aromatic carbocycles. The molecule has 0 amide bonds. The average Bonchev–Trinajstić information content (AvgIpc) is 3.08. The van der Waals surface area contributed by atoms with E-state index in [0.717, 1.165) is 0 Å². The molecule has 3 rings (SSSR count). The predicted octanol–water partition coefficient (Wildman–Crippen LogP) is -1.94. The lowest BCUT2D eigenvalue weighted by molar-refractivity contribution is -0.0511. The van der Waals surface area contributed by atoms with Crippen LogP contribution < -0.4 is 10.9 Å². The number of fused-ring (bicyclic) bond motifs is 1. The van der Waals surface area contributed by atoms with Crippen LogP contribution in [0.2, 0.25) is 0 Å².